The summed E-state index contributed by atoms with van der Waals surface area (Å²) in [5.41, 5.74) is 3.23. The molecule has 0 fully saturated rings. The van der Waals surface area contributed by atoms with E-state index in [1.54, 1.807) is 36.1 Å². The van der Waals surface area contributed by atoms with Crippen molar-refractivity contribution < 1.29 is 18.7 Å². The number of hydrogen-bond acceptors (Lipinski definition) is 7. The number of nitrogens with one attached hydrogen (secondary N) is 1. The van der Waals surface area contributed by atoms with Crippen molar-refractivity contribution >= 4 is 16.9 Å². The molecule has 3 aromatic heterocycles. The third kappa shape index (κ3) is 4.08. The number of benzene rings is 1. The number of aryl methyl sites for hydroxylation is 1. The maximum absolute atomic E-state index is 14.8. The maximum atomic E-state index is 14.8. The molecule has 0 saturated heterocycles. The minimum Gasteiger partial charge on any atom is -0.479 e. The van der Waals surface area contributed by atoms with Gasteiger partial charge in [-0.3, -0.25) is 9.48 Å². The number of hydrogen-bond donors (Lipinski definition) is 1. The molecule has 4 aromatic rings. The molecule has 0 bridgehead atoms. The van der Waals surface area contributed by atoms with Gasteiger partial charge in [0.15, 0.2) is 5.67 Å². The Bertz CT molecular complexity index is 1400. The van der Waals surface area contributed by atoms with E-state index < -0.39 is 5.67 Å². The van der Waals surface area contributed by atoms with Crippen LogP contribution in [0.1, 0.15) is 34.1 Å². The van der Waals surface area contributed by atoms with Crippen LogP contribution in [0.5, 0.6) is 5.88 Å². The second-order valence-corrected chi connectivity index (χ2v) is 8.41. The first kappa shape index (κ1) is 21.9. The van der Waals surface area contributed by atoms with Crippen molar-refractivity contribution in [2.45, 2.75) is 25.7 Å². The lowest BCUT2D eigenvalue weighted by molar-refractivity contribution is -0.00467. The molecule has 0 aliphatic carbocycles. The van der Waals surface area contributed by atoms with E-state index in [9.17, 15) is 9.18 Å². The Morgan fingerprint density at radius 3 is 2.91 bits per heavy atom. The number of rotatable bonds is 5. The summed E-state index contributed by atoms with van der Waals surface area (Å²) < 4.78 is 27.1. The molecule has 1 N–H and O–H groups in total. The highest BCUT2D eigenvalue weighted by Crippen LogP contribution is 2.34. The Kier molecular flexibility index (Phi) is 5.45. The van der Waals surface area contributed by atoms with Crippen LogP contribution >= 0.6 is 0 Å². The van der Waals surface area contributed by atoms with Crippen LogP contribution in [0, 0.1) is 0 Å². The Morgan fingerprint density at radius 2 is 2.09 bits per heavy atom. The summed E-state index contributed by atoms with van der Waals surface area (Å²) in [5, 5.41) is 15.5. The van der Waals surface area contributed by atoms with Gasteiger partial charge < -0.3 is 14.8 Å². The van der Waals surface area contributed by atoms with Crippen LogP contribution in [0.25, 0.3) is 22.3 Å². The molecule has 34 heavy (non-hydrogen) atoms. The van der Waals surface area contributed by atoms with Crippen molar-refractivity contribution in [3.63, 3.8) is 0 Å². The zero-order valence-electron chi connectivity index (χ0n) is 19.0. The van der Waals surface area contributed by atoms with Gasteiger partial charge in [0.2, 0.25) is 5.88 Å². The lowest BCUT2D eigenvalue weighted by Crippen LogP contribution is -2.30. The van der Waals surface area contributed by atoms with E-state index in [1.165, 1.54) is 6.92 Å². The van der Waals surface area contributed by atoms with Crippen LogP contribution in [0.2, 0.25) is 0 Å². The van der Waals surface area contributed by atoms with E-state index in [0.717, 1.165) is 11.1 Å². The van der Waals surface area contributed by atoms with Gasteiger partial charge in [0.05, 0.1) is 49.3 Å². The second-order valence-electron chi connectivity index (χ2n) is 8.41. The fraction of sp³-hybridized carbons (Fsp3) is 0.292. The van der Waals surface area contributed by atoms with Gasteiger partial charge in [-0.05, 0) is 48.4 Å². The summed E-state index contributed by atoms with van der Waals surface area (Å²) in [6.45, 7) is 1.91. The number of aromatic nitrogens is 5. The van der Waals surface area contributed by atoms with Crippen LogP contribution in [-0.4, -0.2) is 44.6 Å². The quantitative estimate of drug-likeness (QED) is 0.486. The van der Waals surface area contributed by atoms with Crippen LogP contribution in [-0.2, 0) is 30.6 Å². The maximum Gasteiger partial charge on any atom is 0.251 e. The number of fused-ring (bicyclic) bond motifs is 2. The first-order valence-electron chi connectivity index (χ1n) is 10.7. The summed E-state index contributed by atoms with van der Waals surface area (Å²) in [4.78, 5) is 17.4. The van der Waals surface area contributed by atoms with Gasteiger partial charge in [-0.25, -0.2) is 9.37 Å². The molecular weight excluding hydrogens is 439 g/mol. The Balaban J connectivity index is 1.35. The zero-order chi connectivity index (χ0) is 23.9. The van der Waals surface area contributed by atoms with Crippen LogP contribution in [0.15, 0.2) is 42.6 Å². The van der Waals surface area contributed by atoms with E-state index >= 15 is 0 Å². The van der Waals surface area contributed by atoms with Crippen molar-refractivity contribution in [2.75, 3.05) is 13.7 Å². The Morgan fingerprint density at radius 1 is 1.24 bits per heavy atom. The van der Waals surface area contributed by atoms with Crippen LogP contribution < -0.4 is 10.1 Å². The predicted molar refractivity (Wildman–Crippen MR) is 122 cm³/mol. The van der Waals surface area contributed by atoms with Gasteiger partial charge >= 0.3 is 0 Å². The fourth-order valence-electron chi connectivity index (χ4n) is 4.03. The van der Waals surface area contributed by atoms with E-state index in [-0.39, 0.29) is 19.1 Å². The van der Waals surface area contributed by atoms with Crippen molar-refractivity contribution in [2.24, 2.45) is 7.05 Å². The van der Waals surface area contributed by atoms with E-state index in [1.807, 2.05) is 25.4 Å². The van der Waals surface area contributed by atoms with Gasteiger partial charge in [-0.15, -0.1) is 10.2 Å². The summed E-state index contributed by atoms with van der Waals surface area (Å²) in [7, 11) is 3.37. The Hall–Kier alpha value is -3.92. The molecule has 1 aromatic carbocycles. The minimum atomic E-state index is -1.63. The summed E-state index contributed by atoms with van der Waals surface area (Å²) in [6.07, 6.45) is 1.83. The van der Waals surface area contributed by atoms with Crippen LogP contribution in [0.3, 0.4) is 0 Å². The average molecular weight is 462 g/mol. The number of nitrogens with zero attached hydrogens (tertiary/aromatic N) is 5. The molecule has 0 unspecified atom stereocenters. The fourth-order valence-corrected chi connectivity index (χ4v) is 4.03. The van der Waals surface area contributed by atoms with E-state index in [4.69, 9.17) is 9.47 Å². The molecule has 1 amide bonds. The first-order valence-corrected chi connectivity index (χ1v) is 10.7. The Labute approximate surface area is 194 Å². The highest BCUT2D eigenvalue weighted by Gasteiger charge is 2.33. The van der Waals surface area contributed by atoms with Crippen molar-refractivity contribution in [1.29, 1.82) is 0 Å². The SMILES string of the molecule is COc1nn(C)cc1-c1ccc2nnc(CNC(=O)c3ccc4c(c3)[C@](C)(F)COC4)cc2n1. The lowest BCUT2D eigenvalue weighted by atomic mass is 9.90. The normalized spacial score (nSPS) is 17.4. The minimum absolute atomic E-state index is 0.0301. The number of halogens is 1. The molecular formula is C24H23FN6O3. The van der Waals surface area contributed by atoms with E-state index in [0.29, 0.717) is 46.0 Å². The summed E-state index contributed by atoms with van der Waals surface area (Å²) in [6, 6.07) is 10.4. The van der Waals surface area contributed by atoms with Crippen molar-refractivity contribution in [3.05, 3.63) is 65.0 Å². The first-order chi connectivity index (χ1) is 16.3. The molecule has 1 aliphatic rings. The topological polar surface area (TPSA) is 104 Å². The molecule has 10 heteroatoms. The monoisotopic (exact) mass is 462 g/mol. The number of ether oxygens (including phenoxy) is 2. The number of carbonyl (C=O) groups is 1. The number of methoxy groups -OCH3 is 1. The molecule has 0 spiro atoms. The average Bonchev–Trinajstić information content (AvgIpc) is 3.22. The smallest absolute Gasteiger partial charge is 0.251 e. The molecule has 1 aliphatic heterocycles. The highest BCUT2D eigenvalue weighted by atomic mass is 19.1. The van der Waals surface area contributed by atoms with Gasteiger partial charge in [-0.2, -0.15) is 5.10 Å². The standard InChI is InChI=1S/C24H23FN6O3/c1-24(25)13-34-12-15-5-4-14(8-18(15)24)22(32)26-10-16-9-21-20(29-28-16)7-6-19(27-21)17-11-31(2)30-23(17)33-3/h4-9,11H,10,12-13H2,1-3H3,(H,26,32)/t24-/m1/s1. The van der Waals surface area contributed by atoms with Gasteiger partial charge in [0.25, 0.3) is 5.91 Å². The highest BCUT2D eigenvalue weighted by molar-refractivity contribution is 5.94. The molecule has 4 heterocycles. The molecule has 0 saturated carbocycles. The number of amides is 1. The third-order valence-electron chi connectivity index (χ3n) is 5.75. The number of pyridine rings is 1. The third-order valence-corrected chi connectivity index (χ3v) is 5.75. The number of alkyl halides is 1. The van der Waals surface area contributed by atoms with Crippen LogP contribution in [0.4, 0.5) is 4.39 Å². The van der Waals surface area contributed by atoms with Crippen molar-refractivity contribution in [1.82, 2.24) is 30.3 Å². The summed E-state index contributed by atoms with van der Waals surface area (Å²) in [5.74, 6) is 0.152. The van der Waals surface area contributed by atoms with E-state index in [2.05, 4.69) is 25.6 Å². The predicted octanol–water partition coefficient (Wildman–Crippen LogP) is 3.08. The molecule has 174 valence electrons. The number of carbonyl (C=O) groups excluding carboxylic acids is 1. The van der Waals surface area contributed by atoms with Gasteiger partial charge in [0, 0.05) is 18.8 Å². The van der Waals surface area contributed by atoms with Crippen molar-refractivity contribution in [3.8, 4) is 17.1 Å². The summed E-state index contributed by atoms with van der Waals surface area (Å²) >= 11 is 0. The van der Waals surface area contributed by atoms with Gasteiger partial charge in [0.1, 0.15) is 5.52 Å². The molecule has 1 atom stereocenters. The molecule has 5 rings (SSSR count). The second kappa shape index (κ2) is 8.45. The molecule has 9 nitrogen and oxygen atoms in total. The van der Waals surface area contributed by atoms with Gasteiger partial charge in [-0.1, -0.05) is 6.07 Å². The zero-order valence-corrected chi connectivity index (χ0v) is 19.0. The lowest BCUT2D eigenvalue weighted by Gasteiger charge is -2.29. The largest absolute Gasteiger partial charge is 0.479 e. The molecule has 0 radical (unpaired) electrons.